The number of hydrogen-bond donors (Lipinski definition) is 0. The highest BCUT2D eigenvalue weighted by Crippen LogP contribution is 2.30. The van der Waals surface area contributed by atoms with Crippen molar-refractivity contribution in [1.29, 1.82) is 0 Å². The second-order valence-electron chi connectivity index (χ2n) is 5.32. The van der Waals surface area contributed by atoms with E-state index in [1.165, 1.54) is 29.0 Å². The van der Waals surface area contributed by atoms with Gasteiger partial charge < -0.3 is 0 Å². The number of hydrogen-bond acceptors (Lipinski definition) is 4. The summed E-state index contributed by atoms with van der Waals surface area (Å²) in [7, 11) is -1.24. The van der Waals surface area contributed by atoms with E-state index in [-0.39, 0.29) is 21.7 Å². The average molecular weight is 379 g/mol. The Morgan fingerprint density at radius 3 is 2.58 bits per heavy atom. The molecule has 0 amide bonds. The number of carbonyl (C=O) groups is 1. The van der Waals surface area contributed by atoms with E-state index in [1.807, 2.05) is 0 Å². The normalized spacial score (nSPS) is 13.9. The number of halogens is 2. The molecule has 1 unspecified atom stereocenters. The molecule has 0 saturated carbocycles. The van der Waals surface area contributed by atoms with E-state index < -0.39 is 22.1 Å². The summed E-state index contributed by atoms with van der Waals surface area (Å²) in [4.78, 5) is 30.3. The fourth-order valence-electron chi connectivity index (χ4n) is 2.80. The van der Waals surface area contributed by atoms with Gasteiger partial charge in [-0.25, -0.2) is 4.98 Å². The lowest BCUT2D eigenvalue weighted by atomic mass is 10.1. The van der Waals surface area contributed by atoms with Crippen molar-refractivity contribution in [2.24, 2.45) is 0 Å². The van der Waals surface area contributed by atoms with Gasteiger partial charge in [0.25, 0.3) is 5.56 Å². The van der Waals surface area contributed by atoms with Crippen LogP contribution in [0.4, 0.5) is 0 Å². The molecule has 2 aromatic carbocycles. The zero-order chi connectivity index (χ0) is 17.2. The molecule has 5 nitrogen and oxygen atoms in total. The Morgan fingerprint density at radius 1 is 1.12 bits per heavy atom. The van der Waals surface area contributed by atoms with Crippen LogP contribution in [0.15, 0.2) is 40.0 Å². The lowest BCUT2D eigenvalue weighted by Crippen LogP contribution is -2.21. The highest BCUT2D eigenvalue weighted by molar-refractivity contribution is 7.84. The van der Waals surface area contributed by atoms with E-state index >= 15 is 0 Å². The van der Waals surface area contributed by atoms with Crippen LogP contribution in [0.5, 0.6) is 0 Å². The van der Waals surface area contributed by atoms with Crippen LogP contribution in [-0.2, 0) is 10.8 Å². The maximum absolute atomic E-state index is 12.9. The summed E-state index contributed by atoms with van der Waals surface area (Å²) in [5.41, 5.74) is 0.540. The van der Waals surface area contributed by atoms with Gasteiger partial charge in [0, 0.05) is 27.0 Å². The predicted octanol–water partition coefficient (Wildman–Crippen LogP) is 2.97. The standard InChI is InChI=1S/C16H8Cl2N2O3S/c1-24(23)8-2-3-12-9(6-8)14(21)15-19-11-5-7(17)4-10(18)13(11)16(22)20(12)15/h2-6H,1H3. The van der Waals surface area contributed by atoms with Crippen LogP contribution in [0.3, 0.4) is 0 Å². The molecule has 1 aromatic heterocycles. The van der Waals surface area contributed by atoms with Crippen molar-refractivity contribution in [1.82, 2.24) is 9.55 Å². The first-order chi connectivity index (χ1) is 11.4. The summed E-state index contributed by atoms with van der Waals surface area (Å²) in [6.45, 7) is 0. The van der Waals surface area contributed by atoms with Crippen molar-refractivity contribution < 1.29 is 9.00 Å². The maximum Gasteiger partial charge on any atom is 0.267 e. The lowest BCUT2D eigenvalue weighted by Gasteiger charge is -2.07. The van der Waals surface area contributed by atoms with Crippen LogP contribution in [-0.4, -0.2) is 25.8 Å². The van der Waals surface area contributed by atoms with Gasteiger partial charge in [-0.1, -0.05) is 23.2 Å². The van der Waals surface area contributed by atoms with Crippen molar-refractivity contribution in [3.8, 4) is 5.69 Å². The van der Waals surface area contributed by atoms with E-state index in [9.17, 15) is 13.8 Å². The number of benzene rings is 2. The molecule has 1 atom stereocenters. The van der Waals surface area contributed by atoms with Crippen molar-refractivity contribution in [2.75, 3.05) is 6.26 Å². The van der Waals surface area contributed by atoms with Crippen LogP contribution >= 0.6 is 23.2 Å². The molecule has 0 bridgehead atoms. The summed E-state index contributed by atoms with van der Waals surface area (Å²) in [6.07, 6.45) is 1.52. The largest absolute Gasteiger partial charge is 0.285 e. The molecular formula is C16H8Cl2N2O3S. The van der Waals surface area contributed by atoms with Crippen molar-refractivity contribution in [3.05, 3.63) is 62.1 Å². The molecule has 1 aliphatic rings. The number of aromatic nitrogens is 2. The molecule has 0 saturated heterocycles. The summed E-state index contributed by atoms with van der Waals surface area (Å²) < 4.78 is 12.9. The summed E-state index contributed by atoms with van der Waals surface area (Å²) in [5.74, 6) is -0.396. The predicted molar refractivity (Wildman–Crippen MR) is 93.1 cm³/mol. The summed E-state index contributed by atoms with van der Waals surface area (Å²) in [5, 5.41) is 0.710. The number of fused-ring (bicyclic) bond motifs is 4. The number of carbonyl (C=O) groups excluding carboxylic acids is 1. The summed E-state index contributed by atoms with van der Waals surface area (Å²) >= 11 is 12.1. The first kappa shape index (κ1) is 15.5. The van der Waals surface area contributed by atoms with Gasteiger partial charge in [-0.3, -0.25) is 18.4 Å². The van der Waals surface area contributed by atoms with E-state index in [0.717, 1.165) is 0 Å². The maximum atomic E-state index is 12.9. The first-order valence-electron chi connectivity index (χ1n) is 6.83. The third kappa shape index (κ3) is 2.07. The van der Waals surface area contributed by atoms with E-state index in [4.69, 9.17) is 23.2 Å². The molecule has 0 spiro atoms. The van der Waals surface area contributed by atoms with Gasteiger partial charge >= 0.3 is 0 Å². The second kappa shape index (κ2) is 5.24. The quantitative estimate of drug-likeness (QED) is 0.510. The second-order valence-corrected chi connectivity index (χ2v) is 7.54. The monoisotopic (exact) mass is 378 g/mol. The topological polar surface area (TPSA) is 69.0 Å². The van der Waals surface area contributed by atoms with E-state index in [2.05, 4.69) is 4.98 Å². The fourth-order valence-corrected chi connectivity index (χ4v) is 3.91. The Hall–Kier alpha value is -2.02. The molecular weight excluding hydrogens is 371 g/mol. The Kier molecular flexibility index (Phi) is 3.38. The zero-order valence-corrected chi connectivity index (χ0v) is 14.5. The van der Waals surface area contributed by atoms with E-state index in [0.29, 0.717) is 21.2 Å². The SMILES string of the molecule is CS(=O)c1ccc2c(c1)C(=O)c1nc3cc(Cl)cc(Cl)c3c(=O)n1-2. The Balaban J connectivity index is 2.12. The molecule has 24 heavy (non-hydrogen) atoms. The molecule has 1 aliphatic heterocycles. The third-order valence-electron chi connectivity index (χ3n) is 3.88. The third-order valence-corrected chi connectivity index (χ3v) is 5.31. The van der Waals surface area contributed by atoms with Gasteiger partial charge in [0.05, 0.1) is 27.2 Å². The van der Waals surface area contributed by atoms with Crippen molar-refractivity contribution in [2.45, 2.75) is 4.90 Å². The van der Waals surface area contributed by atoms with Gasteiger partial charge in [0.1, 0.15) is 0 Å². The number of ketones is 1. The van der Waals surface area contributed by atoms with Crippen molar-refractivity contribution >= 4 is 50.7 Å². The lowest BCUT2D eigenvalue weighted by molar-refractivity contribution is 0.103. The Bertz CT molecular complexity index is 1150. The van der Waals surface area contributed by atoms with Gasteiger partial charge in [-0.05, 0) is 30.3 Å². The minimum atomic E-state index is -1.24. The molecule has 0 N–H and O–H groups in total. The molecule has 4 rings (SSSR count). The minimum Gasteiger partial charge on any atom is -0.285 e. The van der Waals surface area contributed by atoms with Gasteiger partial charge in [-0.15, -0.1) is 0 Å². The Morgan fingerprint density at radius 2 is 1.88 bits per heavy atom. The molecule has 8 heteroatoms. The van der Waals surface area contributed by atoms with Gasteiger partial charge in [0.2, 0.25) is 5.78 Å². The highest BCUT2D eigenvalue weighted by Gasteiger charge is 2.31. The molecule has 3 aromatic rings. The van der Waals surface area contributed by atoms with Crippen LogP contribution in [0, 0.1) is 0 Å². The smallest absolute Gasteiger partial charge is 0.267 e. The fraction of sp³-hybridized carbons (Fsp3) is 0.0625. The molecule has 0 fully saturated rings. The minimum absolute atomic E-state index is 0.000122. The number of rotatable bonds is 1. The highest BCUT2D eigenvalue weighted by atomic mass is 35.5. The van der Waals surface area contributed by atoms with Crippen LogP contribution in [0.1, 0.15) is 16.2 Å². The zero-order valence-electron chi connectivity index (χ0n) is 12.2. The average Bonchev–Trinajstić information content (AvgIpc) is 2.79. The van der Waals surface area contributed by atoms with Crippen LogP contribution in [0.25, 0.3) is 16.6 Å². The molecule has 120 valence electrons. The van der Waals surface area contributed by atoms with Gasteiger partial charge in [-0.2, -0.15) is 0 Å². The van der Waals surface area contributed by atoms with Crippen LogP contribution in [0.2, 0.25) is 10.0 Å². The van der Waals surface area contributed by atoms with E-state index in [1.54, 1.807) is 12.1 Å². The van der Waals surface area contributed by atoms with Gasteiger partial charge in [0.15, 0.2) is 5.82 Å². The Labute approximate surface area is 148 Å². The summed E-state index contributed by atoms with van der Waals surface area (Å²) in [6, 6.07) is 7.70. The first-order valence-corrected chi connectivity index (χ1v) is 9.14. The molecule has 2 heterocycles. The molecule has 0 aliphatic carbocycles. The van der Waals surface area contributed by atoms with Crippen LogP contribution < -0.4 is 5.56 Å². The number of nitrogens with zero attached hydrogens (tertiary/aromatic N) is 2. The van der Waals surface area contributed by atoms with Crippen molar-refractivity contribution in [3.63, 3.8) is 0 Å². The molecule has 0 radical (unpaired) electrons.